The van der Waals surface area contributed by atoms with Crippen LogP contribution < -0.4 is 0 Å². The van der Waals surface area contributed by atoms with Gasteiger partial charge in [0.2, 0.25) is 5.78 Å². The van der Waals surface area contributed by atoms with E-state index in [1.807, 2.05) is 30.3 Å². The van der Waals surface area contributed by atoms with Gasteiger partial charge in [-0.05, 0) is 29.8 Å². The van der Waals surface area contributed by atoms with Gasteiger partial charge in [0.05, 0.1) is 23.3 Å². The molecule has 0 saturated heterocycles. The second kappa shape index (κ2) is 5.26. The van der Waals surface area contributed by atoms with Gasteiger partial charge in [0.25, 0.3) is 0 Å². The number of nitrogens with zero attached hydrogens (tertiary/aromatic N) is 3. The number of halogens is 1. The Kier molecular flexibility index (Phi) is 3.24. The zero-order valence-corrected chi connectivity index (χ0v) is 13.4. The number of imidazole rings is 2. The van der Waals surface area contributed by atoms with Gasteiger partial charge >= 0.3 is 0 Å². The van der Waals surface area contributed by atoms with E-state index in [1.165, 1.54) is 0 Å². The van der Waals surface area contributed by atoms with Gasteiger partial charge in [-0.15, -0.1) is 0 Å². The van der Waals surface area contributed by atoms with Crippen molar-refractivity contribution in [2.45, 2.75) is 6.54 Å². The largest absolute Gasteiger partial charge is 0.395 e. The number of hydrogen-bond acceptors (Lipinski definition) is 2. The number of para-hydroxylation sites is 2. The van der Waals surface area contributed by atoms with Crippen molar-refractivity contribution in [2.24, 2.45) is 0 Å². The van der Waals surface area contributed by atoms with Crippen molar-refractivity contribution < 1.29 is 5.11 Å². The molecule has 0 aliphatic heterocycles. The molecule has 0 atom stereocenters. The summed E-state index contributed by atoms with van der Waals surface area (Å²) in [5, 5.41) is 9.42. The fraction of sp³-hybridized carbons (Fsp3) is 0.118. The van der Waals surface area contributed by atoms with Gasteiger partial charge < -0.3 is 9.67 Å². The molecule has 0 unspecified atom stereocenters. The summed E-state index contributed by atoms with van der Waals surface area (Å²) in [6, 6.07) is 16.2. The van der Waals surface area contributed by atoms with Crippen LogP contribution >= 0.6 is 15.9 Å². The molecule has 0 amide bonds. The Morgan fingerprint density at radius 2 is 1.82 bits per heavy atom. The van der Waals surface area contributed by atoms with Crippen molar-refractivity contribution >= 4 is 32.7 Å². The monoisotopic (exact) mass is 355 g/mol. The summed E-state index contributed by atoms with van der Waals surface area (Å²) >= 11 is 3.46. The third-order valence-corrected chi connectivity index (χ3v) is 4.35. The first-order chi connectivity index (χ1) is 10.8. The lowest BCUT2D eigenvalue weighted by Crippen LogP contribution is -2.04. The molecule has 0 radical (unpaired) electrons. The number of aromatic nitrogens is 3. The maximum atomic E-state index is 9.42. The highest BCUT2D eigenvalue weighted by molar-refractivity contribution is 9.10. The molecule has 0 fully saturated rings. The fourth-order valence-corrected chi connectivity index (χ4v) is 3.08. The van der Waals surface area contributed by atoms with Crippen molar-refractivity contribution in [3.8, 4) is 11.3 Å². The Morgan fingerprint density at radius 3 is 2.59 bits per heavy atom. The molecule has 0 aliphatic carbocycles. The molecule has 4 nitrogen and oxygen atoms in total. The van der Waals surface area contributed by atoms with Crippen LogP contribution in [0.3, 0.4) is 0 Å². The van der Waals surface area contributed by atoms with E-state index in [4.69, 9.17) is 4.98 Å². The Balaban J connectivity index is 2.01. The molecule has 5 heteroatoms. The van der Waals surface area contributed by atoms with Crippen molar-refractivity contribution in [2.75, 3.05) is 6.61 Å². The summed E-state index contributed by atoms with van der Waals surface area (Å²) in [5.74, 6) is 0.855. The zero-order chi connectivity index (χ0) is 15.1. The van der Waals surface area contributed by atoms with Crippen LogP contribution in [0.5, 0.6) is 0 Å². The van der Waals surface area contributed by atoms with Gasteiger partial charge in [-0.1, -0.05) is 40.2 Å². The lowest BCUT2D eigenvalue weighted by atomic mass is 10.2. The van der Waals surface area contributed by atoms with Crippen LogP contribution in [0.2, 0.25) is 0 Å². The van der Waals surface area contributed by atoms with Crippen molar-refractivity contribution in [3.63, 3.8) is 0 Å². The van der Waals surface area contributed by atoms with E-state index in [0.29, 0.717) is 6.54 Å². The third-order valence-electron chi connectivity index (χ3n) is 3.82. The predicted molar refractivity (Wildman–Crippen MR) is 90.9 cm³/mol. The smallest absolute Gasteiger partial charge is 0.215 e. The van der Waals surface area contributed by atoms with Gasteiger partial charge in [-0.25, -0.2) is 4.98 Å². The number of rotatable bonds is 3. The average Bonchev–Trinajstić information content (AvgIpc) is 3.06. The highest BCUT2D eigenvalue weighted by atomic mass is 79.9. The maximum Gasteiger partial charge on any atom is 0.215 e. The normalized spacial score (nSPS) is 11.5. The summed E-state index contributed by atoms with van der Waals surface area (Å²) in [6.45, 7) is 0.599. The van der Waals surface area contributed by atoms with Crippen LogP contribution in [-0.2, 0) is 6.54 Å². The van der Waals surface area contributed by atoms with Gasteiger partial charge in [0.1, 0.15) is 0 Å². The van der Waals surface area contributed by atoms with Crippen molar-refractivity contribution in [1.82, 2.24) is 14.0 Å². The molecule has 4 aromatic rings. The number of fused-ring (bicyclic) bond motifs is 3. The van der Waals surface area contributed by atoms with Crippen LogP contribution in [0.4, 0.5) is 0 Å². The van der Waals surface area contributed by atoms with Crippen LogP contribution in [0.15, 0.2) is 59.2 Å². The summed E-state index contributed by atoms with van der Waals surface area (Å²) < 4.78 is 5.19. The lowest BCUT2D eigenvalue weighted by molar-refractivity contribution is 0.278. The van der Waals surface area contributed by atoms with Crippen LogP contribution in [0.1, 0.15) is 0 Å². The van der Waals surface area contributed by atoms with E-state index in [1.54, 1.807) is 0 Å². The van der Waals surface area contributed by atoms with Gasteiger partial charge in [-0.2, -0.15) is 0 Å². The van der Waals surface area contributed by atoms with Crippen molar-refractivity contribution in [1.29, 1.82) is 0 Å². The van der Waals surface area contributed by atoms with Gasteiger partial charge in [0.15, 0.2) is 0 Å². The molecule has 4 rings (SSSR count). The molecule has 2 aromatic heterocycles. The zero-order valence-electron chi connectivity index (χ0n) is 11.8. The average molecular weight is 356 g/mol. The van der Waals surface area contributed by atoms with Crippen LogP contribution in [0.25, 0.3) is 28.1 Å². The molecule has 110 valence electrons. The first kappa shape index (κ1) is 13.5. The topological polar surface area (TPSA) is 42.5 Å². The molecule has 0 spiro atoms. The minimum Gasteiger partial charge on any atom is -0.395 e. The number of hydrogen-bond donors (Lipinski definition) is 1. The number of benzene rings is 2. The first-order valence-corrected chi connectivity index (χ1v) is 7.90. The summed E-state index contributed by atoms with van der Waals surface area (Å²) in [7, 11) is 0. The SMILES string of the molecule is OCCn1c(-c2ccc(Br)cc2)cn2c3ccccc3nc12. The molecule has 22 heavy (non-hydrogen) atoms. The summed E-state index contributed by atoms with van der Waals surface area (Å²) in [6.07, 6.45) is 2.09. The van der Waals surface area contributed by atoms with Crippen molar-refractivity contribution in [3.05, 3.63) is 59.2 Å². The van der Waals surface area contributed by atoms with E-state index < -0.39 is 0 Å². The van der Waals surface area contributed by atoms with E-state index in [9.17, 15) is 5.11 Å². The first-order valence-electron chi connectivity index (χ1n) is 7.11. The minimum absolute atomic E-state index is 0.0804. The summed E-state index contributed by atoms with van der Waals surface area (Å²) in [4.78, 5) is 4.70. The van der Waals surface area contributed by atoms with Crippen LogP contribution in [-0.4, -0.2) is 25.7 Å². The van der Waals surface area contributed by atoms with Crippen LogP contribution in [0, 0.1) is 0 Å². The molecule has 2 heterocycles. The van der Waals surface area contributed by atoms with E-state index >= 15 is 0 Å². The lowest BCUT2D eigenvalue weighted by Gasteiger charge is -2.07. The molecule has 1 N–H and O–H groups in total. The molecule has 0 aliphatic rings. The second-order valence-electron chi connectivity index (χ2n) is 5.17. The molecule has 0 saturated carbocycles. The maximum absolute atomic E-state index is 9.42. The standard InChI is InChI=1S/C17H14BrN3O/c18-13-7-5-12(6-8-13)16-11-21-15-4-2-1-3-14(15)19-17(21)20(16)9-10-22/h1-8,11,22H,9-10H2. The Bertz CT molecular complexity index is 953. The highest BCUT2D eigenvalue weighted by Crippen LogP contribution is 2.27. The third kappa shape index (κ3) is 2.05. The molecular weight excluding hydrogens is 342 g/mol. The Morgan fingerprint density at radius 1 is 1.05 bits per heavy atom. The predicted octanol–water partition coefficient (Wildman–Crippen LogP) is 3.71. The molecular formula is C17H14BrN3O. The highest BCUT2D eigenvalue weighted by Gasteiger charge is 2.14. The quantitative estimate of drug-likeness (QED) is 0.608. The molecule has 0 bridgehead atoms. The van der Waals surface area contributed by atoms with E-state index in [2.05, 4.69) is 49.3 Å². The summed E-state index contributed by atoms with van der Waals surface area (Å²) in [5.41, 5.74) is 4.19. The van der Waals surface area contributed by atoms with E-state index in [-0.39, 0.29) is 6.61 Å². The van der Waals surface area contributed by atoms with E-state index in [0.717, 1.165) is 32.5 Å². The Labute approximate surface area is 135 Å². The fourth-order valence-electron chi connectivity index (χ4n) is 2.82. The minimum atomic E-state index is 0.0804. The number of aliphatic hydroxyl groups is 1. The van der Waals surface area contributed by atoms with Gasteiger partial charge in [-0.3, -0.25) is 4.40 Å². The molecule has 2 aromatic carbocycles. The number of aliphatic hydroxyl groups excluding tert-OH is 1. The second-order valence-corrected chi connectivity index (χ2v) is 6.08. The van der Waals surface area contributed by atoms with Gasteiger partial charge in [0, 0.05) is 17.2 Å². The Hall–Kier alpha value is -2.11.